The summed E-state index contributed by atoms with van der Waals surface area (Å²) < 4.78 is 0. The van der Waals surface area contributed by atoms with Crippen molar-refractivity contribution in [1.29, 1.82) is 0 Å². The van der Waals surface area contributed by atoms with Gasteiger partial charge in [0.15, 0.2) is 0 Å². The van der Waals surface area contributed by atoms with E-state index in [1.165, 1.54) is 106 Å². The number of hydrogen-bond acceptors (Lipinski definition) is 1. The van der Waals surface area contributed by atoms with Crippen molar-refractivity contribution < 1.29 is 0 Å². The van der Waals surface area contributed by atoms with Gasteiger partial charge in [0.1, 0.15) is 0 Å². The van der Waals surface area contributed by atoms with Crippen LogP contribution in [0.4, 0.5) is 11.4 Å². The Balaban J connectivity index is 1.12. The van der Waals surface area contributed by atoms with Gasteiger partial charge in [0.2, 0.25) is 0 Å². The lowest BCUT2D eigenvalue weighted by atomic mass is 9.65. The van der Waals surface area contributed by atoms with Crippen LogP contribution in [0.2, 0.25) is 0 Å². The van der Waals surface area contributed by atoms with E-state index in [2.05, 4.69) is 258 Å². The molecule has 4 aliphatic rings. The topological polar surface area (TPSA) is 3.24 Å². The Morgan fingerprint density at radius 1 is 0.559 bits per heavy atom. The number of allylic oxidation sites excluding steroid dienone is 8. The SMILES string of the molecule is CC(C)(C)c1ccc(-c2ccc(N(C3=CC4=C(CC3)C(c3ccccc3)(c3ccccc3)c3ccccc34)c3ccc4ccccc4c3C3=C4C(=CC#CC3)C(C)(C)c3ccccc34)cc2)cc1. The third-order valence-corrected chi connectivity index (χ3v) is 15.4. The Kier molecular flexibility index (Phi) is 9.83. The first-order valence-electron chi connectivity index (χ1n) is 24.3. The second-order valence-electron chi connectivity index (χ2n) is 20.5. The van der Waals surface area contributed by atoms with Crippen LogP contribution in [-0.4, -0.2) is 0 Å². The summed E-state index contributed by atoms with van der Waals surface area (Å²) in [6.45, 7) is 11.6. The maximum Gasteiger partial charge on any atom is 0.0676 e. The van der Waals surface area contributed by atoms with Gasteiger partial charge < -0.3 is 4.90 Å². The number of benzene rings is 8. The highest BCUT2D eigenvalue weighted by Crippen LogP contribution is 2.59. The second-order valence-corrected chi connectivity index (χ2v) is 20.5. The Bertz CT molecular complexity index is 3460. The molecule has 0 saturated carbocycles. The average Bonchev–Trinajstić information content (AvgIpc) is 3.65. The van der Waals surface area contributed by atoms with E-state index in [0.29, 0.717) is 6.42 Å². The fourth-order valence-corrected chi connectivity index (χ4v) is 12.1. The Morgan fingerprint density at radius 2 is 1.16 bits per heavy atom. The van der Waals surface area contributed by atoms with E-state index in [0.717, 1.165) is 18.5 Å². The third-order valence-electron chi connectivity index (χ3n) is 15.4. The molecule has 328 valence electrons. The number of nitrogens with zero attached hydrogens (tertiary/aromatic N) is 1. The molecule has 0 atom stereocenters. The van der Waals surface area contributed by atoms with E-state index >= 15 is 0 Å². The predicted octanol–water partition coefficient (Wildman–Crippen LogP) is 17.0. The lowest BCUT2D eigenvalue weighted by Crippen LogP contribution is -2.31. The zero-order valence-corrected chi connectivity index (χ0v) is 39.7. The summed E-state index contributed by atoms with van der Waals surface area (Å²) in [4.78, 5) is 2.60. The quantitative estimate of drug-likeness (QED) is 0.144. The molecule has 1 heteroatoms. The van der Waals surface area contributed by atoms with Crippen molar-refractivity contribution in [3.63, 3.8) is 0 Å². The fraction of sp³-hybridized carbons (Fsp3) is 0.164. The van der Waals surface area contributed by atoms with Crippen molar-refractivity contribution in [3.8, 4) is 23.0 Å². The number of rotatable bonds is 7. The summed E-state index contributed by atoms with van der Waals surface area (Å²) in [5.74, 6) is 7.16. The van der Waals surface area contributed by atoms with Crippen molar-refractivity contribution in [3.05, 3.63) is 268 Å². The van der Waals surface area contributed by atoms with Gasteiger partial charge in [-0.05, 0) is 137 Å². The molecular weight excluding hydrogens is 819 g/mol. The first-order valence-corrected chi connectivity index (χ1v) is 24.3. The molecule has 0 unspecified atom stereocenters. The lowest BCUT2D eigenvalue weighted by molar-refractivity contribution is 0.590. The van der Waals surface area contributed by atoms with E-state index in [-0.39, 0.29) is 10.8 Å². The minimum Gasteiger partial charge on any atom is -0.314 e. The van der Waals surface area contributed by atoms with Gasteiger partial charge in [0, 0.05) is 28.8 Å². The van der Waals surface area contributed by atoms with Gasteiger partial charge in [-0.15, -0.1) is 0 Å². The van der Waals surface area contributed by atoms with Gasteiger partial charge in [-0.1, -0.05) is 222 Å². The molecule has 0 spiro atoms. The van der Waals surface area contributed by atoms with Crippen LogP contribution >= 0.6 is 0 Å². The monoisotopic (exact) mass is 873 g/mol. The normalized spacial score (nSPS) is 16.4. The van der Waals surface area contributed by atoms with Crippen LogP contribution < -0.4 is 4.90 Å². The maximum absolute atomic E-state index is 3.64. The minimum atomic E-state index is -0.406. The van der Waals surface area contributed by atoms with Crippen LogP contribution in [0.15, 0.2) is 223 Å². The number of fused-ring (bicyclic) bond motifs is 6. The van der Waals surface area contributed by atoms with Crippen molar-refractivity contribution >= 4 is 38.9 Å². The molecule has 0 heterocycles. The Hall–Kier alpha value is -7.66. The molecular formula is C67H55N. The van der Waals surface area contributed by atoms with Gasteiger partial charge in [-0.25, -0.2) is 0 Å². The summed E-state index contributed by atoms with van der Waals surface area (Å²) in [6.07, 6.45) is 7.18. The van der Waals surface area contributed by atoms with Gasteiger partial charge in [-0.2, -0.15) is 0 Å². The highest BCUT2D eigenvalue weighted by molar-refractivity contribution is 6.12. The zero-order valence-electron chi connectivity index (χ0n) is 39.7. The van der Waals surface area contributed by atoms with Crippen molar-refractivity contribution in [2.24, 2.45) is 0 Å². The second kappa shape index (κ2) is 16.0. The number of anilines is 2. The van der Waals surface area contributed by atoms with Crippen LogP contribution in [-0.2, 0) is 16.2 Å². The minimum absolute atomic E-state index is 0.0945. The first-order chi connectivity index (χ1) is 33.1. The van der Waals surface area contributed by atoms with Crippen molar-refractivity contribution in [2.75, 3.05) is 4.90 Å². The molecule has 4 aliphatic carbocycles. The zero-order chi connectivity index (χ0) is 46.2. The lowest BCUT2D eigenvalue weighted by Gasteiger charge is -2.38. The molecule has 0 N–H and O–H groups in total. The van der Waals surface area contributed by atoms with Crippen molar-refractivity contribution in [1.82, 2.24) is 0 Å². The van der Waals surface area contributed by atoms with E-state index < -0.39 is 5.41 Å². The van der Waals surface area contributed by atoms with E-state index in [1.807, 2.05) is 0 Å². The van der Waals surface area contributed by atoms with Crippen LogP contribution in [0.3, 0.4) is 0 Å². The van der Waals surface area contributed by atoms with Crippen LogP contribution in [0, 0.1) is 11.8 Å². The highest BCUT2D eigenvalue weighted by atomic mass is 15.2. The maximum atomic E-state index is 3.64. The van der Waals surface area contributed by atoms with Gasteiger partial charge in [-0.3, -0.25) is 0 Å². The molecule has 0 aromatic heterocycles. The molecule has 68 heavy (non-hydrogen) atoms. The highest BCUT2D eigenvalue weighted by Gasteiger charge is 2.48. The largest absolute Gasteiger partial charge is 0.314 e. The van der Waals surface area contributed by atoms with Gasteiger partial charge >= 0.3 is 0 Å². The molecule has 0 bridgehead atoms. The first kappa shape index (κ1) is 41.7. The van der Waals surface area contributed by atoms with E-state index in [4.69, 9.17) is 0 Å². The fourth-order valence-electron chi connectivity index (χ4n) is 12.1. The molecule has 0 aliphatic heterocycles. The summed E-state index contributed by atoms with van der Waals surface area (Å²) in [5, 5.41) is 2.47. The Morgan fingerprint density at radius 3 is 1.85 bits per heavy atom. The van der Waals surface area contributed by atoms with E-state index in [1.54, 1.807) is 0 Å². The molecule has 12 rings (SSSR count). The predicted molar refractivity (Wildman–Crippen MR) is 287 cm³/mol. The summed E-state index contributed by atoms with van der Waals surface area (Å²) in [5.41, 5.74) is 22.8. The molecule has 0 radical (unpaired) electrons. The molecule has 8 aromatic carbocycles. The Labute approximate surface area is 402 Å². The summed E-state index contributed by atoms with van der Waals surface area (Å²) >= 11 is 0. The van der Waals surface area contributed by atoms with Gasteiger partial charge in [0.05, 0.1) is 11.1 Å². The molecule has 1 nitrogen and oxygen atoms in total. The summed E-state index contributed by atoms with van der Waals surface area (Å²) in [6, 6.07) is 72.8. The summed E-state index contributed by atoms with van der Waals surface area (Å²) in [7, 11) is 0. The molecule has 0 fully saturated rings. The van der Waals surface area contributed by atoms with Gasteiger partial charge in [0.25, 0.3) is 0 Å². The smallest absolute Gasteiger partial charge is 0.0676 e. The van der Waals surface area contributed by atoms with Crippen LogP contribution in [0.25, 0.3) is 38.6 Å². The molecule has 8 aromatic rings. The average molecular weight is 874 g/mol. The van der Waals surface area contributed by atoms with Crippen molar-refractivity contribution in [2.45, 2.75) is 70.1 Å². The third kappa shape index (κ3) is 6.46. The molecule has 0 amide bonds. The number of hydrogen-bond donors (Lipinski definition) is 0. The van der Waals surface area contributed by atoms with Crippen LogP contribution in [0.5, 0.6) is 0 Å². The van der Waals surface area contributed by atoms with E-state index in [9.17, 15) is 0 Å². The van der Waals surface area contributed by atoms with Crippen LogP contribution in [0.1, 0.15) is 98.4 Å². The standard InChI is InChI=1S/C67H55N/c1-65(2,3)48-37-32-45(33-38-48)46-34-39-51(40-35-46)68(52-41-42-60-57(44-52)54-26-14-18-30-59(54)67(60,49-21-8-6-9-22-49)50-23-10-7-11-24-50)62-43-36-47-20-12-13-25-53(47)64(62)56-28-16-19-31-61-63(56)55-27-15-17-29-58(55)66(61,4)5/h6-15,17-18,20-27,29-40,43-44H,28,41-42H2,1-5H3. The molecule has 0 saturated heterocycles.